The van der Waals surface area contributed by atoms with Crippen LogP contribution in [0.2, 0.25) is 0 Å². The maximum absolute atomic E-state index is 13.7. The van der Waals surface area contributed by atoms with Gasteiger partial charge >= 0.3 is 0 Å². The van der Waals surface area contributed by atoms with Crippen LogP contribution in [-0.4, -0.2) is 42.1 Å². The number of hydrogen-bond donors (Lipinski definition) is 1. The van der Waals surface area contributed by atoms with Crippen molar-refractivity contribution in [2.24, 2.45) is 5.73 Å². The molecule has 1 aromatic carbocycles. The van der Waals surface area contributed by atoms with Crippen LogP contribution in [0, 0.1) is 11.6 Å². The summed E-state index contributed by atoms with van der Waals surface area (Å²) in [5, 5.41) is 0. The fourth-order valence-corrected chi connectivity index (χ4v) is 2.40. The van der Waals surface area contributed by atoms with E-state index in [9.17, 15) is 13.6 Å². The summed E-state index contributed by atoms with van der Waals surface area (Å²) >= 11 is 0. The number of amides is 1. The molecule has 2 rings (SSSR count). The van der Waals surface area contributed by atoms with E-state index in [0.717, 1.165) is 18.2 Å². The summed E-state index contributed by atoms with van der Waals surface area (Å²) in [4.78, 5) is 13.8. The lowest BCUT2D eigenvalue weighted by atomic mass is 10.0. The molecule has 1 fully saturated rings. The third kappa shape index (κ3) is 3.13. The van der Waals surface area contributed by atoms with E-state index < -0.39 is 23.1 Å². The van der Waals surface area contributed by atoms with Crippen molar-refractivity contribution in [1.82, 2.24) is 4.90 Å². The van der Waals surface area contributed by atoms with E-state index in [1.165, 1.54) is 4.90 Å². The van der Waals surface area contributed by atoms with E-state index in [0.29, 0.717) is 6.54 Å². The lowest BCUT2D eigenvalue weighted by Gasteiger charge is -2.42. The highest BCUT2D eigenvalue weighted by molar-refractivity contribution is 5.94. The van der Waals surface area contributed by atoms with Crippen LogP contribution in [-0.2, 0) is 4.74 Å². The minimum atomic E-state index is -0.731. The van der Waals surface area contributed by atoms with E-state index in [1.807, 2.05) is 13.8 Å². The molecule has 0 saturated carbocycles. The van der Waals surface area contributed by atoms with Gasteiger partial charge in [-0.15, -0.1) is 0 Å². The number of hydrogen-bond acceptors (Lipinski definition) is 3. The monoisotopic (exact) mass is 284 g/mol. The van der Waals surface area contributed by atoms with Crippen molar-refractivity contribution in [3.8, 4) is 0 Å². The molecule has 1 aliphatic heterocycles. The first-order valence-electron chi connectivity index (χ1n) is 6.44. The Morgan fingerprint density at radius 1 is 1.50 bits per heavy atom. The zero-order valence-electron chi connectivity index (χ0n) is 11.5. The molecule has 20 heavy (non-hydrogen) atoms. The molecule has 1 saturated heterocycles. The summed E-state index contributed by atoms with van der Waals surface area (Å²) in [6.07, 6.45) is -0.306. The van der Waals surface area contributed by atoms with Crippen LogP contribution in [0.5, 0.6) is 0 Å². The molecule has 1 aliphatic rings. The van der Waals surface area contributed by atoms with Gasteiger partial charge in [0.1, 0.15) is 11.6 Å². The van der Waals surface area contributed by atoms with Crippen LogP contribution in [0.25, 0.3) is 0 Å². The van der Waals surface area contributed by atoms with Crippen LogP contribution in [0.4, 0.5) is 8.78 Å². The predicted molar refractivity (Wildman–Crippen MR) is 70.3 cm³/mol. The Bertz CT molecular complexity index is 520. The fraction of sp³-hybridized carbons (Fsp3) is 0.500. The van der Waals surface area contributed by atoms with Gasteiger partial charge in [0.05, 0.1) is 17.3 Å². The molecule has 110 valence electrons. The molecule has 1 heterocycles. The second kappa shape index (κ2) is 5.46. The summed E-state index contributed by atoms with van der Waals surface area (Å²) in [7, 11) is 0. The Hall–Kier alpha value is -1.53. The highest BCUT2D eigenvalue weighted by atomic mass is 19.1. The number of ether oxygens (including phenoxy) is 1. The molecule has 6 heteroatoms. The van der Waals surface area contributed by atoms with E-state index >= 15 is 0 Å². The first-order valence-corrected chi connectivity index (χ1v) is 6.44. The van der Waals surface area contributed by atoms with Gasteiger partial charge in [-0.25, -0.2) is 8.78 Å². The lowest BCUT2D eigenvalue weighted by molar-refractivity contribution is -0.122. The molecule has 1 atom stereocenters. The van der Waals surface area contributed by atoms with Gasteiger partial charge in [0, 0.05) is 19.6 Å². The molecule has 1 amide bonds. The number of nitrogens with two attached hydrogens (primary N) is 1. The van der Waals surface area contributed by atoms with Crippen molar-refractivity contribution in [2.45, 2.75) is 25.6 Å². The van der Waals surface area contributed by atoms with E-state index in [1.54, 1.807) is 0 Å². The number of carbonyl (C=O) groups excluding carboxylic acids is 1. The summed E-state index contributed by atoms with van der Waals surface area (Å²) < 4.78 is 32.6. The minimum absolute atomic E-state index is 0.263. The zero-order valence-corrected chi connectivity index (χ0v) is 11.5. The second-order valence-corrected chi connectivity index (χ2v) is 5.55. The normalized spacial score (nSPS) is 21.9. The number of nitrogens with zero attached hydrogens (tertiary/aromatic N) is 1. The number of halogens is 2. The lowest BCUT2D eigenvalue weighted by Crippen LogP contribution is -2.56. The smallest absolute Gasteiger partial charge is 0.257 e. The molecular formula is C14H18F2N2O2. The molecule has 1 aromatic rings. The van der Waals surface area contributed by atoms with Crippen LogP contribution < -0.4 is 5.73 Å². The molecule has 1 unspecified atom stereocenters. The Balaban J connectivity index is 2.25. The van der Waals surface area contributed by atoms with Crippen LogP contribution in [0.3, 0.4) is 0 Å². The molecule has 0 radical (unpaired) electrons. The molecule has 0 aromatic heterocycles. The molecule has 4 nitrogen and oxygen atoms in total. The van der Waals surface area contributed by atoms with Crippen molar-refractivity contribution in [3.05, 3.63) is 35.4 Å². The number of benzene rings is 1. The fourth-order valence-electron chi connectivity index (χ4n) is 2.40. The summed E-state index contributed by atoms with van der Waals surface area (Å²) in [5.74, 6) is -1.92. The average Bonchev–Trinajstić information content (AvgIpc) is 2.38. The van der Waals surface area contributed by atoms with Crippen molar-refractivity contribution >= 4 is 5.91 Å². The van der Waals surface area contributed by atoms with Gasteiger partial charge in [0.25, 0.3) is 5.91 Å². The van der Waals surface area contributed by atoms with Gasteiger partial charge in [0.15, 0.2) is 0 Å². The Morgan fingerprint density at radius 3 is 2.85 bits per heavy atom. The summed E-state index contributed by atoms with van der Waals surface area (Å²) in [6, 6.07) is 2.85. The summed E-state index contributed by atoms with van der Waals surface area (Å²) in [6.45, 7) is 4.50. The third-order valence-corrected chi connectivity index (χ3v) is 3.19. The molecule has 0 aliphatic carbocycles. The molecular weight excluding hydrogens is 266 g/mol. The average molecular weight is 284 g/mol. The van der Waals surface area contributed by atoms with E-state index in [2.05, 4.69) is 0 Å². The quantitative estimate of drug-likeness (QED) is 0.896. The van der Waals surface area contributed by atoms with Crippen molar-refractivity contribution < 1.29 is 18.3 Å². The van der Waals surface area contributed by atoms with E-state index in [4.69, 9.17) is 10.5 Å². The molecule has 0 bridgehead atoms. The Morgan fingerprint density at radius 2 is 2.20 bits per heavy atom. The van der Waals surface area contributed by atoms with Gasteiger partial charge in [-0.05, 0) is 32.0 Å². The van der Waals surface area contributed by atoms with Crippen LogP contribution in [0.1, 0.15) is 24.2 Å². The highest BCUT2D eigenvalue weighted by Gasteiger charge is 2.36. The minimum Gasteiger partial charge on any atom is -0.367 e. The first kappa shape index (κ1) is 14.9. The number of carbonyl (C=O) groups is 1. The predicted octanol–water partition coefficient (Wildman–Crippen LogP) is 1.54. The van der Waals surface area contributed by atoms with Crippen molar-refractivity contribution in [2.75, 3.05) is 19.6 Å². The van der Waals surface area contributed by atoms with Gasteiger partial charge in [-0.1, -0.05) is 0 Å². The molecule has 0 spiro atoms. The SMILES string of the molecule is CC1(C)CN(C(=O)c2cc(F)ccc2F)CC(CN)O1. The van der Waals surface area contributed by atoms with E-state index in [-0.39, 0.29) is 24.8 Å². The van der Waals surface area contributed by atoms with Gasteiger partial charge in [-0.2, -0.15) is 0 Å². The highest BCUT2D eigenvalue weighted by Crippen LogP contribution is 2.23. The standard InChI is InChI=1S/C14H18F2N2O2/c1-14(2)8-18(7-10(6-17)20-14)13(19)11-5-9(15)3-4-12(11)16/h3-5,10H,6-8,17H2,1-2H3. The second-order valence-electron chi connectivity index (χ2n) is 5.55. The topological polar surface area (TPSA) is 55.6 Å². The maximum atomic E-state index is 13.7. The first-order chi connectivity index (χ1) is 9.32. The summed E-state index contributed by atoms with van der Waals surface area (Å²) in [5.41, 5.74) is 4.75. The van der Waals surface area contributed by atoms with Gasteiger partial charge < -0.3 is 15.4 Å². The Labute approximate surface area is 116 Å². The van der Waals surface area contributed by atoms with Crippen LogP contribution >= 0.6 is 0 Å². The maximum Gasteiger partial charge on any atom is 0.257 e. The number of rotatable bonds is 2. The van der Waals surface area contributed by atoms with Crippen molar-refractivity contribution in [3.63, 3.8) is 0 Å². The number of morpholine rings is 1. The largest absolute Gasteiger partial charge is 0.367 e. The van der Waals surface area contributed by atoms with Gasteiger partial charge in [0.2, 0.25) is 0 Å². The zero-order chi connectivity index (χ0) is 14.9. The Kier molecular flexibility index (Phi) is 4.06. The van der Waals surface area contributed by atoms with Crippen LogP contribution in [0.15, 0.2) is 18.2 Å². The third-order valence-electron chi connectivity index (χ3n) is 3.19. The van der Waals surface area contributed by atoms with Crippen molar-refractivity contribution in [1.29, 1.82) is 0 Å². The van der Waals surface area contributed by atoms with Gasteiger partial charge in [-0.3, -0.25) is 4.79 Å². The molecule has 2 N–H and O–H groups in total.